The summed E-state index contributed by atoms with van der Waals surface area (Å²) in [6, 6.07) is 40.0. The Morgan fingerprint density at radius 1 is 0.846 bits per heavy atom. The van der Waals surface area contributed by atoms with Crippen LogP contribution in [0, 0.1) is 0 Å². The summed E-state index contributed by atoms with van der Waals surface area (Å²) < 4.78 is 5.54. The van der Waals surface area contributed by atoms with E-state index < -0.39 is 17.1 Å². The number of hydrogen-bond donors (Lipinski definition) is 3. The average molecular weight is 745 g/mol. The van der Waals surface area contributed by atoms with Gasteiger partial charge in [-0.25, -0.2) is 4.98 Å². The molecule has 0 saturated carbocycles. The topological polar surface area (TPSA) is 109 Å². The van der Waals surface area contributed by atoms with Crippen LogP contribution in [0.25, 0.3) is 17.3 Å². The van der Waals surface area contributed by atoms with Crippen molar-refractivity contribution in [3.8, 4) is 17.0 Å². The lowest BCUT2D eigenvalue weighted by Crippen LogP contribution is -2.30. The molecule has 5 aromatic carbocycles. The molecule has 1 aromatic heterocycles. The fourth-order valence-corrected chi connectivity index (χ4v) is 7.09. The van der Waals surface area contributed by atoms with Crippen LogP contribution in [0.5, 0.6) is 5.75 Å². The number of rotatable bonds is 13. The normalized spacial score (nSPS) is 11.7. The average Bonchev–Trinajstić information content (AvgIpc) is 3.64. The van der Waals surface area contributed by atoms with E-state index in [1.807, 2.05) is 73.0 Å². The largest absolute Gasteiger partial charge is 0.494 e. The Morgan fingerprint density at radius 2 is 1.56 bits per heavy atom. The molecular weight excluding hydrogens is 712 g/mol. The van der Waals surface area contributed by atoms with Crippen molar-refractivity contribution in [2.24, 2.45) is 0 Å². The first kappa shape index (κ1) is 36.1. The Hall–Kier alpha value is -5.68. The van der Waals surface area contributed by atoms with Gasteiger partial charge in [0.25, 0.3) is 11.8 Å². The highest BCUT2D eigenvalue weighted by Crippen LogP contribution is 2.38. The highest BCUT2D eigenvalue weighted by Gasteiger charge is 2.24. The van der Waals surface area contributed by atoms with Gasteiger partial charge in [-0.05, 0) is 84.8 Å². The Morgan fingerprint density at radius 3 is 2.29 bits per heavy atom. The van der Waals surface area contributed by atoms with Crippen molar-refractivity contribution in [3.63, 3.8) is 0 Å². The van der Waals surface area contributed by atoms with E-state index in [2.05, 4.69) is 20.9 Å². The number of nitrogens with zero attached hydrogens (tertiary/aromatic N) is 1. The maximum atomic E-state index is 13.8. The van der Waals surface area contributed by atoms with Crippen molar-refractivity contribution in [2.75, 3.05) is 17.2 Å². The number of carbonyl (C=O) groups excluding carboxylic acids is 3. The number of ether oxygens (including phenoxy) is 1. The molecule has 0 spiro atoms. The lowest BCUT2D eigenvalue weighted by atomic mass is 10.1. The Kier molecular flexibility index (Phi) is 12.2. The Balaban J connectivity index is 1.20. The highest BCUT2D eigenvalue weighted by molar-refractivity contribution is 8.00. The molecule has 0 bridgehead atoms. The number of anilines is 2. The molecule has 0 aliphatic rings. The summed E-state index contributed by atoms with van der Waals surface area (Å²) >= 11 is 9.08. The van der Waals surface area contributed by atoms with E-state index in [1.54, 1.807) is 72.8 Å². The molecule has 0 saturated heterocycles. The molecule has 6 aromatic rings. The number of halogens is 1. The smallest absolute Gasteiger partial charge is 0.272 e. The third-order valence-corrected chi connectivity index (χ3v) is 9.97. The second-order valence-corrected chi connectivity index (χ2v) is 13.7. The lowest BCUT2D eigenvalue weighted by molar-refractivity contribution is -0.116. The number of hydrogen-bond acceptors (Lipinski definition) is 7. The summed E-state index contributed by atoms with van der Waals surface area (Å²) in [5, 5.41) is 10.8. The van der Waals surface area contributed by atoms with Crippen molar-refractivity contribution < 1.29 is 19.1 Å². The fourth-order valence-electron chi connectivity index (χ4n) is 5.10. The van der Waals surface area contributed by atoms with E-state index in [4.69, 9.17) is 16.3 Å². The minimum atomic E-state index is -0.634. The third-order valence-electron chi connectivity index (χ3n) is 7.62. The molecule has 3 amide bonds. The van der Waals surface area contributed by atoms with Crippen molar-refractivity contribution in [3.05, 3.63) is 166 Å². The van der Waals surface area contributed by atoms with Crippen LogP contribution in [-0.4, -0.2) is 29.3 Å². The minimum absolute atomic E-state index is 0.00889. The number of thioether (sulfide) groups is 1. The van der Waals surface area contributed by atoms with Gasteiger partial charge in [0.05, 0.1) is 12.3 Å². The van der Waals surface area contributed by atoms with Gasteiger partial charge in [0.15, 0.2) is 5.13 Å². The zero-order chi connectivity index (χ0) is 36.3. The predicted molar refractivity (Wildman–Crippen MR) is 211 cm³/mol. The van der Waals surface area contributed by atoms with Crippen LogP contribution in [0.2, 0.25) is 5.02 Å². The first-order chi connectivity index (χ1) is 25.4. The van der Waals surface area contributed by atoms with E-state index in [1.165, 1.54) is 29.2 Å². The van der Waals surface area contributed by atoms with Gasteiger partial charge in [0, 0.05) is 32.1 Å². The maximum Gasteiger partial charge on any atom is 0.272 e. The predicted octanol–water partition coefficient (Wildman–Crippen LogP) is 9.74. The van der Waals surface area contributed by atoms with E-state index in [0.29, 0.717) is 33.6 Å². The minimum Gasteiger partial charge on any atom is -0.494 e. The van der Waals surface area contributed by atoms with Crippen LogP contribution in [0.3, 0.4) is 0 Å². The monoisotopic (exact) mass is 744 g/mol. The number of carbonyl (C=O) groups is 3. The standard InChI is InChI=1S/C41H33ClN4O4S2/c1-2-50-32-22-20-27(21-23-32)36-26-51-41(45-36)46-40(49)37(28-12-5-3-6-13-28)52-33-18-11-17-31(25-33)43-39(48)35(24-30-16-9-10-19-34(30)42)44-38(47)29-14-7-4-8-15-29/h3-26,37H,2H2,1H3,(H,43,48)(H,44,47)(H,45,46,49)/b35-24+. The Labute approximate surface area is 314 Å². The van der Waals surface area contributed by atoms with Gasteiger partial charge in [-0.1, -0.05) is 84.4 Å². The first-order valence-electron chi connectivity index (χ1n) is 16.3. The highest BCUT2D eigenvalue weighted by atomic mass is 35.5. The molecule has 0 aliphatic carbocycles. The Bertz CT molecular complexity index is 2190. The van der Waals surface area contributed by atoms with Crippen LogP contribution < -0.4 is 20.7 Å². The molecular formula is C41H33ClN4O4S2. The molecule has 0 fully saturated rings. The summed E-state index contributed by atoms with van der Waals surface area (Å²) in [4.78, 5) is 46.0. The van der Waals surface area contributed by atoms with Crippen molar-refractivity contribution in [1.82, 2.24) is 10.3 Å². The molecule has 52 heavy (non-hydrogen) atoms. The molecule has 0 aliphatic heterocycles. The summed E-state index contributed by atoms with van der Waals surface area (Å²) in [7, 11) is 0. The van der Waals surface area contributed by atoms with Gasteiger partial charge < -0.3 is 20.7 Å². The fraction of sp³-hybridized carbons (Fsp3) is 0.0732. The third kappa shape index (κ3) is 9.55. The van der Waals surface area contributed by atoms with E-state index in [0.717, 1.165) is 27.5 Å². The van der Waals surface area contributed by atoms with Crippen LogP contribution in [-0.2, 0) is 9.59 Å². The SMILES string of the molecule is CCOc1ccc(-c2csc(NC(=O)C(Sc3cccc(NC(=O)/C(=C\c4ccccc4Cl)NC(=O)c4ccccc4)c3)c3ccccc3)n2)cc1. The molecule has 8 nitrogen and oxygen atoms in total. The van der Waals surface area contributed by atoms with Crippen molar-refractivity contribution in [2.45, 2.75) is 17.1 Å². The van der Waals surface area contributed by atoms with Crippen LogP contribution in [0.15, 0.2) is 149 Å². The second-order valence-electron chi connectivity index (χ2n) is 11.3. The number of nitrogens with one attached hydrogen (secondary N) is 3. The quantitative estimate of drug-likeness (QED) is 0.0803. The summed E-state index contributed by atoms with van der Waals surface area (Å²) in [5.41, 5.74) is 3.91. The van der Waals surface area contributed by atoms with Crippen LogP contribution in [0.1, 0.15) is 33.7 Å². The number of thiazole rings is 1. The first-order valence-corrected chi connectivity index (χ1v) is 18.5. The molecule has 11 heteroatoms. The van der Waals surface area contributed by atoms with Gasteiger partial charge in [0.2, 0.25) is 5.91 Å². The van der Waals surface area contributed by atoms with Gasteiger partial charge in [-0.15, -0.1) is 23.1 Å². The molecule has 1 atom stereocenters. The van der Waals surface area contributed by atoms with Crippen LogP contribution >= 0.6 is 34.7 Å². The second kappa shape index (κ2) is 17.5. The molecule has 6 rings (SSSR count). The van der Waals surface area contributed by atoms with E-state index in [9.17, 15) is 14.4 Å². The van der Waals surface area contributed by atoms with E-state index >= 15 is 0 Å². The zero-order valence-corrected chi connectivity index (χ0v) is 30.3. The van der Waals surface area contributed by atoms with Gasteiger partial charge in [0.1, 0.15) is 16.7 Å². The molecule has 1 unspecified atom stereocenters. The van der Waals surface area contributed by atoms with Crippen molar-refractivity contribution >= 4 is 69.3 Å². The van der Waals surface area contributed by atoms with Gasteiger partial charge >= 0.3 is 0 Å². The van der Waals surface area contributed by atoms with Gasteiger partial charge in [-0.2, -0.15) is 0 Å². The van der Waals surface area contributed by atoms with Crippen LogP contribution in [0.4, 0.5) is 10.8 Å². The summed E-state index contributed by atoms with van der Waals surface area (Å²) in [6.07, 6.45) is 1.53. The molecule has 0 radical (unpaired) electrons. The number of amides is 3. The number of aromatic nitrogens is 1. The van der Waals surface area contributed by atoms with Crippen molar-refractivity contribution in [1.29, 1.82) is 0 Å². The summed E-state index contributed by atoms with van der Waals surface area (Å²) in [6.45, 7) is 2.52. The van der Waals surface area contributed by atoms with Gasteiger partial charge in [-0.3, -0.25) is 14.4 Å². The molecule has 1 heterocycles. The summed E-state index contributed by atoms with van der Waals surface area (Å²) in [5.74, 6) is -0.449. The zero-order valence-electron chi connectivity index (χ0n) is 27.9. The van der Waals surface area contributed by atoms with E-state index in [-0.39, 0.29) is 11.6 Å². The maximum absolute atomic E-state index is 13.8. The molecule has 3 N–H and O–H groups in total. The molecule has 260 valence electrons. The number of benzene rings is 5. The lowest BCUT2D eigenvalue weighted by Gasteiger charge is -2.17.